The number of nitrogens with zero attached hydrogens (tertiary/aromatic N) is 3. The number of pyridine rings is 1. The molecular formula is C25H30N4O2S. The number of aromatic nitrogens is 1. The zero-order chi connectivity index (χ0) is 22.3. The molecule has 1 aromatic carbocycles. The average molecular weight is 451 g/mol. The van der Waals surface area contributed by atoms with Crippen LogP contribution in [0.1, 0.15) is 11.3 Å². The lowest BCUT2D eigenvalue weighted by Crippen LogP contribution is -2.45. The Hall–Kier alpha value is -2.74. The summed E-state index contributed by atoms with van der Waals surface area (Å²) in [5.74, 6) is 0.787. The van der Waals surface area contributed by atoms with Gasteiger partial charge in [-0.25, -0.2) is 0 Å². The van der Waals surface area contributed by atoms with Crippen molar-refractivity contribution in [2.75, 3.05) is 51.7 Å². The first kappa shape index (κ1) is 22.5. The molecule has 3 aromatic rings. The number of carbonyl (C=O) groups excluding carboxylic acids is 1. The maximum atomic E-state index is 12.6. The van der Waals surface area contributed by atoms with Crippen LogP contribution >= 0.6 is 11.3 Å². The van der Waals surface area contributed by atoms with Gasteiger partial charge in [0.15, 0.2) is 0 Å². The van der Waals surface area contributed by atoms with E-state index in [0.29, 0.717) is 13.0 Å². The minimum Gasteiger partial charge on any atom is -0.492 e. The number of likely N-dealkylation sites (N-methyl/N-ethyl adjacent to an activating group) is 1. The summed E-state index contributed by atoms with van der Waals surface area (Å²) >= 11 is 1.53. The summed E-state index contributed by atoms with van der Waals surface area (Å²) < 4.78 is 5.95. The quantitative estimate of drug-likeness (QED) is 0.564. The Balaban J connectivity index is 1.26. The van der Waals surface area contributed by atoms with Crippen LogP contribution in [0.5, 0.6) is 5.75 Å². The Labute approximate surface area is 193 Å². The average Bonchev–Trinajstić information content (AvgIpc) is 3.24. The second-order valence-electron chi connectivity index (χ2n) is 8.25. The minimum absolute atomic E-state index is 0.0288. The summed E-state index contributed by atoms with van der Waals surface area (Å²) in [6.45, 7) is 7.96. The van der Waals surface area contributed by atoms with Gasteiger partial charge in [-0.05, 0) is 61.0 Å². The third kappa shape index (κ3) is 6.38. The fourth-order valence-electron chi connectivity index (χ4n) is 3.75. The molecule has 6 nitrogen and oxygen atoms in total. The monoisotopic (exact) mass is 450 g/mol. The number of piperazine rings is 1. The highest BCUT2D eigenvalue weighted by Gasteiger charge is 2.13. The standard InChI is InChI=1S/C25H30N4O2S/c1-19-14-21(6-7-26-19)22-17-25(32-18-22)27-24(30)16-20-4-3-5-23(15-20)31-13-12-29-10-8-28(2)9-11-29/h3-7,14-15,17-18H,8-13,16H2,1-2H3,(H,27,30). The van der Waals surface area contributed by atoms with E-state index in [-0.39, 0.29) is 5.91 Å². The highest BCUT2D eigenvalue weighted by atomic mass is 32.1. The van der Waals surface area contributed by atoms with Crippen molar-refractivity contribution in [1.29, 1.82) is 0 Å². The van der Waals surface area contributed by atoms with Crippen LogP contribution in [0.3, 0.4) is 0 Å². The molecule has 1 amide bonds. The molecule has 1 aliphatic heterocycles. The summed E-state index contributed by atoms with van der Waals surface area (Å²) in [7, 11) is 2.16. The minimum atomic E-state index is -0.0288. The molecule has 0 aliphatic carbocycles. The predicted octanol–water partition coefficient (Wildman–Crippen LogP) is 3.93. The van der Waals surface area contributed by atoms with Gasteiger partial charge < -0.3 is 15.0 Å². The van der Waals surface area contributed by atoms with Crippen molar-refractivity contribution >= 4 is 22.2 Å². The van der Waals surface area contributed by atoms with Crippen LogP contribution in [0.15, 0.2) is 54.0 Å². The Bertz CT molecular complexity index is 1040. The Morgan fingerprint density at radius 2 is 1.97 bits per heavy atom. The van der Waals surface area contributed by atoms with E-state index in [9.17, 15) is 4.79 Å². The van der Waals surface area contributed by atoms with Gasteiger partial charge in [-0.1, -0.05) is 12.1 Å². The van der Waals surface area contributed by atoms with Crippen LogP contribution in [0.2, 0.25) is 0 Å². The van der Waals surface area contributed by atoms with E-state index in [2.05, 4.69) is 32.5 Å². The lowest BCUT2D eigenvalue weighted by molar-refractivity contribution is -0.115. The largest absolute Gasteiger partial charge is 0.492 e. The van der Waals surface area contributed by atoms with Gasteiger partial charge in [-0.3, -0.25) is 14.7 Å². The van der Waals surface area contributed by atoms with Crippen molar-refractivity contribution in [3.8, 4) is 16.9 Å². The number of aryl methyl sites for hydroxylation is 1. The number of hydrogen-bond donors (Lipinski definition) is 1. The molecule has 0 atom stereocenters. The fraction of sp³-hybridized carbons (Fsp3) is 0.360. The normalized spacial score (nSPS) is 14.9. The highest BCUT2D eigenvalue weighted by Crippen LogP contribution is 2.29. The van der Waals surface area contributed by atoms with Crippen LogP contribution < -0.4 is 10.1 Å². The fourth-order valence-corrected chi connectivity index (χ4v) is 4.58. The molecular weight excluding hydrogens is 420 g/mol. The second-order valence-corrected chi connectivity index (χ2v) is 9.16. The number of amides is 1. The molecule has 0 saturated carbocycles. The van der Waals surface area contributed by atoms with Crippen molar-refractivity contribution in [2.45, 2.75) is 13.3 Å². The van der Waals surface area contributed by atoms with E-state index in [1.54, 1.807) is 6.20 Å². The highest BCUT2D eigenvalue weighted by molar-refractivity contribution is 7.14. The number of carbonyl (C=O) groups is 1. The molecule has 3 heterocycles. The number of hydrogen-bond acceptors (Lipinski definition) is 6. The molecule has 1 saturated heterocycles. The van der Waals surface area contributed by atoms with Gasteiger partial charge in [0.2, 0.25) is 5.91 Å². The maximum absolute atomic E-state index is 12.6. The van der Waals surface area contributed by atoms with Crippen molar-refractivity contribution in [2.24, 2.45) is 0 Å². The van der Waals surface area contributed by atoms with Gasteiger partial charge in [0.05, 0.1) is 11.4 Å². The van der Waals surface area contributed by atoms with Gasteiger partial charge in [-0.15, -0.1) is 11.3 Å². The smallest absolute Gasteiger partial charge is 0.229 e. The topological polar surface area (TPSA) is 57.7 Å². The number of rotatable bonds is 8. The predicted molar refractivity (Wildman–Crippen MR) is 130 cm³/mol. The Kier molecular flexibility index (Phi) is 7.52. The first-order valence-corrected chi connectivity index (χ1v) is 11.9. The van der Waals surface area contributed by atoms with Crippen LogP contribution in [0.25, 0.3) is 11.1 Å². The van der Waals surface area contributed by atoms with E-state index in [4.69, 9.17) is 4.74 Å². The molecule has 1 fully saturated rings. The van der Waals surface area contributed by atoms with Gasteiger partial charge in [0.1, 0.15) is 12.4 Å². The van der Waals surface area contributed by atoms with E-state index in [0.717, 1.165) is 65.9 Å². The summed E-state index contributed by atoms with van der Waals surface area (Å²) in [6, 6.07) is 13.9. The summed E-state index contributed by atoms with van der Waals surface area (Å²) in [5.41, 5.74) is 4.12. The SMILES string of the molecule is Cc1cc(-c2csc(NC(=O)Cc3cccc(OCCN4CCN(C)CC4)c3)c2)ccn1. The molecule has 0 unspecified atom stereocenters. The molecule has 168 valence electrons. The van der Waals surface area contributed by atoms with Gasteiger partial charge >= 0.3 is 0 Å². The van der Waals surface area contributed by atoms with Crippen molar-refractivity contribution in [3.05, 3.63) is 65.3 Å². The maximum Gasteiger partial charge on any atom is 0.229 e. The zero-order valence-electron chi connectivity index (χ0n) is 18.7. The van der Waals surface area contributed by atoms with Gasteiger partial charge in [0.25, 0.3) is 0 Å². The van der Waals surface area contributed by atoms with Crippen LogP contribution in [-0.2, 0) is 11.2 Å². The molecule has 4 rings (SSSR count). The molecule has 2 aromatic heterocycles. The lowest BCUT2D eigenvalue weighted by Gasteiger charge is -2.32. The van der Waals surface area contributed by atoms with Crippen LogP contribution in [0, 0.1) is 6.92 Å². The van der Waals surface area contributed by atoms with Gasteiger partial charge in [0, 0.05) is 50.0 Å². The molecule has 0 bridgehead atoms. The Morgan fingerprint density at radius 3 is 2.78 bits per heavy atom. The molecule has 0 spiro atoms. The van der Waals surface area contributed by atoms with Crippen molar-refractivity contribution in [1.82, 2.24) is 14.8 Å². The number of benzene rings is 1. The molecule has 1 N–H and O–H groups in total. The number of thiophene rings is 1. The third-order valence-corrected chi connectivity index (χ3v) is 6.47. The number of anilines is 1. The van der Waals surface area contributed by atoms with E-state index >= 15 is 0 Å². The van der Waals surface area contributed by atoms with Gasteiger partial charge in [-0.2, -0.15) is 0 Å². The summed E-state index contributed by atoms with van der Waals surface area (Å²) in [5, 5.41) is 5.92. The summed E-state index contributed by atoms with van der Waals surface area (Å²) in [6.07, 6.45) is 2.12. The first-order valence-electron chi connectivity index (χ1n) is 11.0. The van der Waals surface area contributed by atoms with E-state index < -0.39 is 0 Å². The number of ether oxygens (including phenoxy) is 1. The van der Waals surface area contributed by atoms with Crippen LogP contribution in [-0.4, -0.2) is 67.1 Å². The number of nitrogens with one attached hydrogen (secondary N) is 1. The van der Waals surface area contributed by atoms with E-state index in [1.807, 2.05) is 49.4 Å². The zero-order valence-corrected chi connectivity index (χ0v) is 19.5. The lowest BCUT2D eigenvalue weighted by atomic mass is 10.1. The van der Waals surface area contributed by atoms with Crippen molar-refractivity contribution < 1.29 is 9.53 Å². The molecule has 1 aliphatic rings. The van der Waals surface area contributed by atoms with E-state index in [1.165, 1.54) is 11.3 Å². The van der Waals surface area contributed by atoms with Crippen LogP contribution in [0.4, 0.5) is 5.00 Å². The molecule has 0 radical (unpaired) electrons. The van der Waals surface area contributed by atoms with Crippen molar-refractivity contribution in [3.63, 3.8) is 0 Å². The molecule has 7 heteroatoms. The third-order valence-electron chi connectivity index (χ3n) is 5.63. The second kappa shape index (κ2) is 10.7. The Morgan fingerprint density at radius 1 is 1.12 bits per heavy atom. The molecule has 32 heavy (non-hydrogen) atoms. The first-order chi connectivity index (χ1) is 15.5. The summed E-state index contributed by atoms with van der Waals surface area (Å²) in [4.78, 5) is 21.6.